The van der Waals surface area contributed by atoms with E-state index in [0.717, 1.165) is 19.4 Å². The molecule has 82 valence electrons. The molecule has 1 unspecified atom stereocenters. The van der Waals surface area contributed by atoms with Crippen LogP contribution in [0.25, 0.3) is 0 Å². The standard InChI is InChI=1S/C9H15N5O/c1-13-6-8(11-12-13)9(15)14-4-2-3-7(10)5-14/h6-7H,2-5,10H2,1H3. The quantitative estimate of drug-likeness (QED) is 0.668. The molecule has 0 aliphatic carbocycles. The van der Waals surface area contributed by atoms with Gasteiger partial charge < -0.3 is 10.6 Å². The average Bonchev–Trinajstić information content (AvgIpc) is 2.64. The summed E-state index contributed by atoms with van der Waals surface area (Å²) in [5.41, 5.74) is 6.21. The van der Waals surface area contributed by atoms with Crippen molar-refractivity contribution in [2.45, 2.75) is 18.9 Å². The highest BCUT2D eigenvalue weighted by Crippen LogP contribution is 2.10. The number of hydrogen-bond donors (Lipinski definition) is 1. The van der Waals surface area contributed by atoms with E-state index < -0.39 is 0 Å². The second-order valence-electron chi connectivity index (χ2n) is 3.93. The van der Waals surface area contributed by atoms with E-state index in [9.17, 15) is 4.79 Å². The molecule has 15 heavy (non-hydrogen) atoms. The van der Waals surface area contributed by atoms with E-state index in [1.165, 1.54) is 4.68 Å². The van der Waals surface area contributed by atoms with Crippen molar-refractivity contribution >= 4 is 5.91 Å². The SMILES string of the molecule is Cn1cc(C(=O)N2CCCC(N)C2)nn1. The molecule has 0 spiro atoms. The molecule has 0 bridgehead atoms. The molecule has 0 aromatic carbocycles. The van der Waals surface area contributed by atoms with E-state index in [1.54, 1.807) is 18.1 Å². The maximum Gasteiger partial charge on any atom is 0.276 e. The van der Waals surface area contributed by atoms with Crippen molar-refractivity contribution in [2.75, 3.05) is 13.1 Å². The second-order valence-corrected chi connectivity index (χ2v) is 3.93. The van der Waals surface area contributed by atoms with Crippen LogP contribution in [0.3, 0.4) is 0 Å². The number of aromatic nitrogens is 3. The predicted octanol–water partition coefficient (Wildman–Crippen LogP) is -0.622. The van der Waals surface area contributed by atoms with E-state index >= 15 is 0 Å². The molecule has 6 heteroatoms. The third-order valence-corrected chi connectivity index (χ3v) is 2.57. The largest absolute Gasteiger partial charge is 0.336 e. The Balaban J connectivity index is 2.07. The molecule has 1 aromatic rings. The van der Waals surface area contributed by atoms with Crippen LogP contribution in [0.1, 0.15) is 23.3 Å². The summed E-state index contributed by atoms with van der Waals surface area (Å²) in [5.74, 6) is -0.0711. The van der Waals surface area contributed by atoms with Gasteiger partial charge >= 0.3 is 0 Å². The topological polar surface area (TPSA) is 77.0 Å². The molecule has 0 saturated carbocycles. The lowest BCUT2D eigenvalue weighted by Crippen LogP contribution is -2.45. The summed E-state index contributed by atoms with van der Waals surface area (Å²) < 4.78 is 1.52. The van der Waals surface area contributed by atoms with Crippen LogP contribution in [0.5, 0.6) is 0 Å². The van der Waals surface area contributed by atoms with E-state index in [-0.39, 0.29) is 11.9 Å². The smallest absolute Gasteiger partial charge is 0.276 e. The molecule has 1 aliphatic heterocycles. The van der Waals surface area contributed by atoms with Gasteiger partial charge in [-0.15, -0.1) is 5.10 Å². The Labute approximate surface area is 88.0 Å². The van der Waals surface area contributed by atoms with Crippen molar-refractivity contribution in [3.63, 3.8) is 0 Å². The fraction of sp³-hybridized carbons (Fsp3) is 0.667. The fourth-order valence-electron chi connectivity index (χ4n) is 1.80. The first-order chi connectivity index (χ1) is 7.16. The lowest BCUT2D eigenvalue weighted by atomic mass is 10.1. The van der Waals surface area contributed by atoms with Crippen LogP contribution in [0.2, 0.25) is 0 Å². The number of nitrogens with two attached hydrogens (primary N) is 1. The van der Waals surface area contributed by atoms with Crippen molar-refractivity contribution in [3.8, 4) is 0 Å². The first-order valence-electron chi connectivity index (χ1n) is 5.08. The summed E-state index contributed by atoms with van der Waals surface area (Å²) in [4.78, 5) is 13.7. The summed E-state index contributed by atoms with van der Waals surface area (Å²) in [7, 11) is 1.74. The highest BCUT2D eigenvalue weighted by molar-refractivity contribution is 5.92. The molecule has 2 rings (SSSR count). The van der Waals surface area contributed by atoms with E-state index in [4.69, 9.17) is 5.73 Å². The molecule has 0 radical (unpaired) electrons. The molecule has 2 N–H and O–H groups in total. The van der Waals surface area contributed by atoms with Gasteiger partial charge in [0, 0.05) is 26.2 Å². The second kappa shape index (κ2) is 3.98. The number of amides is 1. The Bertz CT molecular complexity index is 361. The van der Waals surface area contributed by atoms with Gasteiger partial charge in [-0.05, 0) is 12.8 Å². The first-order valence-corrected chi connectivity index (χ1v) is 5.08. The monoisotopic (exact) mass is 209 g/mol. The number of carbonyl (C=O) groups is 1. The molecule has 6 nitrogen and oxygen atoms in total. The number of likely N-dealkylation sites (tertiary alicyclic amines) is 1. The number of rotatable bonds is 1. The number of piperidine rings is 1. The van der Waals surface area contributed by atoms with Gasteiger partial charge in [-0.1, -0.05) is 5.21 Å². The molecule has 1 fully saturated rings. The van der Waals surface area contributed by atoms with Crippen LogP contribution < -0.4 is 5.73 Å². The van der Waals surface area contributed by atoms with Gasteiger partial charge in [0.05, 0.1) is 6.20 Å². The van der Waals surface area contributed by atoms with E-state index in [2.05, 4.69) is 10.3 Å². The highest BCUT2D eigenvalue weighted by Gasteiger charge is 2.23. The Morgan fingerprint density at radius 1 is 1.67 bits per heavy atom. The van der Waals surface area contributed by atoms with Crippen molar-refractivity contribution in [2.24, 2.45) is 12.8 Å². The van der Waals surface area contributed by atoms with Crippen LogP contribution in [-0.4, -0.2) is 44.9 Å². The lowest BCUT2D eigenvalue weighted by Gasteiger charge is -2.29. The van der Waals surface area contributed by atoms with Crippen LogP contribution in [0.15, 0.2) is 6.20 Å². The molecule has 2 heterocycles. The summed E-state index contributed by atoms with van der Waals surface area (Å²) in [6, 6.07) is 0.0966. The minimum atomic E-state index is -0.0711. The van der Waals surface area contributed by atoms with Gasteiger partial charge in [0.25, 0.3) is 5.91 Å². The van der Waals surface area contributed by atoms with Crippen molar-refractivity contribution in [3.05, 3.63) is 11.9 Å². The molecule has 1 saturated heterocycles. The first kappa shape index (κ1) is 10.1. The minimum absolute atomic E-state index is 0.0711. The van der Waals surface area contributed by atoms with Crippen molar-refractivity contribution in [1.82, 2.24) is 19.9 Å². The van der Waals surface area contributed by atoms with Gasteiger partial charge in [0.15, 0.2) is 5.69 Å². The van der Waals surface area contributed by atoms with Gasteiger partial charge in [-0.2, -0.15) is 0 Å². The van der Waals surface area contributed by atoms with E-state index in [0.29, 0.717) is 12.2 Å². The van der Waals surface area contributed by atoms with Crippen LogP contribution in [0, 0.1) is 0 Å². The van der Waals surface area contributed by atoms with Gasteiger partial charge in [0.2, 0.25) is 0 Å². The number of aryl methyl sites for hydroxylation is 1. The maximum absolute atomic E-state index is 11.9. The van der Waals surface area contributed by atoms with Gasteiger partial charge in [0.1, 0.15) is 0 Å². The zero-order valence-electron chi connectivity index (χ0n) is 8.76. The average molecular weight is 209 g/mol. The van der Waals surface area contributed by atoms with Crippen molar-refractivity contribution < 1.29 is 4.79 Å². The summed E-state index contributed by atoms with van der Waals surface area (Å²) in [5, 5.41) is 7.54. The van der Waals surface area contributed by atoms with Crippen molar-refractivity contribution in [1.29, 1.82) is 0 Å². The molecular formula is C9H15N5O. The Morgan fingerprint density at radius 3 is 3.07 bits per heavy atom. The number of nitrogens with zero attached hydrogens (tertiary/aromatic N) is 4. The third kappa shape index (κ3) is 2.15. The summed E-state index contributed by atoms with van der Waals surface area (Å²) in [6.45, 7) is 1.39. The third-order valence-electron chi connectivity index (χ3n) is 2.57. The molecular weight excluding hydrogens is 194 g/mol. The summed E-state index contributed by atoms with van der Waals surface area (Å²) >= 11 is 0. The Morgan fingerprint density at radius 2 is 2.47 bits per heavy atom. The molecule has 1 amide bonds. The minimum Gasteiger partial charge on any atom is -0.336 e. The normalized spacial score (nSPS) is 21.7. The Kier molecular flexibility index (Phi) is 2.68. The van der Waals surface area contributed by atoms with Gasteiger partial charge in [-0.25, -0.2) is 0 Å². The molecule has 1 aromatic heterocycles. The van der Waals surface area contributed by atoms with Crippen LogP contribution >= 0.6 is 0 Å². The number of hydrogen-bond acceptors (Lipinski definition) is 4. The zero-order valence-corrected chi connectivity index (χ0v) is 8.76. The lowest BCUT2D eigenvalue weighted by molar-refractivity contribution is 0.0702. The van der Waals surface area contributed by atoms with Crippen LogP contribution in [-0.2, 0) is 7.05 Å². The zero-order chi connectivity index (χ0) is 10.8. The van der Waals surface area contributed by atoms with Gasteiger partial charge in [-0.3, -0.25) is 9.48 Å². The number of carbonyl (C=O) groups excluding carboxylic acids is 1. The van der Waals surface area contributed by atoms with E-state index in [1.807, 2.05) is 0 Å². The predicted molar refractivity (Wildman–Crippen MR) is 54.1 cm³/mol. The molecule has 1 atom stereocenters. The Hall–Kier alpha value is -1.43. The maximum atomic E-state index is 11.9. The fourth-order valence-corrected chi connectivity index (χ4v) is 1.80. The van der Waals surface area contributed by atoms with Crippen LogP contribution in [0.4, 0.5) is 0 Å². The molecule has 1 aliphatic rings. The highest BCUT2D eigenvalue weighted by atomic mass is 16.2. The summed E-state index contributed by atoms with van der Waals surface area (Å²) in [6.07, 6.45) is 3.58.